The van der Waals surface area contributed by atoms with E-state index in [9.17, 15) is 5.11 Å². The zero-order chi connectivity index (χ0) is 8.72. The van der Waals surface area contributed by atoms with Gasteiger partial charge in [0.2, 0.25) is 0 Å². The van der Waals surface area contributed by atoms with Gasteiger partial charge in [0, 0.05) is 13.0 Å². The van der Waals surface area contributed by atoms with Crippen molar-refractivity contribution in [2.24, 2.45) is 5.92 Å². The predicted molar refractivity (Wildman–Crippen MR) is 40.3 cm³/mol. The molecule has 0 aromatic rings. The molecular formula is C8H14O4. The topological polar surface area (TPSA) is 51.2 Å². The van der Waals surface area contributed by atoms with E-state index in [1.54, 1.807) is 7.11 Å². The molecule has 2 aliphatic heterocycles. The van der Waals surface area contributed by atoms with E-state index >= 15 is 0 Å². The first-order valence-electron chi connectivity index (χ1n) is 4.29. The highest BCUT2D eigenvalue weighted by molar-refractivity contribution is 4.94. The molecule has 4 nitrogen and oxygen atoms in total. The fourth-order valence-corrected chi connectivity index (χ4v) is 1.76. The summed E-state index contributed by atoms with van der Waals surface area (Å²) in [4.78, 5) is 0. The van der Waals surface area contributed by atoms with E-state index in [1.165, 1.54) is 0 Å². The SMILES string of the molecule is CCC1C(OC)OC2OC2C1O. The van der Waals surface area contributed by atoms with E-state index in [1.807, 2.05) is 6.92 Å². The Hall–Kier alpha value is -0.160. The predicted octanol–water partition coefficient (Wildman–Crippen LogP) is 0.101. The Morgan fingerprint density at radius 3 is 2.75 bits per heavy atom. The maximum absolute atomic E-state index is 9.70. The summed E-state index contributed by atoms with van der Waals surface area (Å²) >= 11 is 0. The fraction of sp³-hybridized carbons (Fsp3) is 1.00. The Labute approximate surface area is 71.4 Å². The molecule has 0 aromatic carbocycles. The summed E-state index contributed by atoms with van der Waals surface area (Å²) in [5, 5.41) is 9.70. The van der Waals surface area contributed by atoms with Crippen LogP contribution in [0.4, 0.5) is 0 Å². The third kappa shape index (κ3) is 1.15. The fourth-order valence-electron chi connectivity index (χ4n) is 1.76. The van der Waals surface area contributed by atoms with Crippen LogP contribution in [0.1, 0.15) is 13.3 Å². The number of aliphatic hydroxyl groups excluding tert-OH is 1. The maximum atomic E-state index is 9.70. The summed E-state index contributed by atoms with van der Waals surface area (Å²) in [6, 6.07) is 0. The monoisotopic (exact) mass is 174 g/mol. The number of hydrogen-bond acceptors (Lipinski definition) is 4. The summed E-state index contributed by atoms with van der Waals surface area (Å²) in [5.74, 6) is 0.0405. The lowest BCUT2D eigenvalue weighted by molar-refractivity contribution is -0.210. The van der Waals surface area contributed by atoms with Crippen molar-refractivity contribution in [2.45, 2.75) is 38.1 Å². The van der Waals surface area contributed by atoms with Crippen molar-refractivity contribution >= 4 is 0 Å². The minimum absolute atomic E-state index is 0.0405. The number of hydrogen-bond donors (Lipinski definition) is 1. The van der Waals surface area contributed by atoms with E-state index in [4.69, 9.17) is 14.2 Å². The van der Waals surface area contributed by atoms with Gasteiger partial charge >= 0.3 is 0 Å². The molecule has 0 saturated carbocycles. The van der Waals surface area contributed by atoms with Crippen LogP contribution < -0.4 is 0 Å². The lowest BCUT2D eigenvalue weighted by Crippen LogP contribution is -2.43. The van der Waals surface area contributed by atoms with Gasteiger partial charge in [0.1, 0.15) is 6.10 Å². The molecule has 0 aliphatic carbocycles. The Morgan fingerprint density at radius 1 is 1.42 bits per heavy atom. The molecule has 2 fully saturated rings. The number of fused-ring (bicyclic) bond motifs is 1. The van der Waals surface area contributed by atoms with Crippen LogP contribution in [0.3, 0.4) is 0 Å². The van der Waals surface area contributed by atoms with Gasteiger partial charge in [0.25, 0.3) is 0 Å². The van der Waals surface area contributed by atoms with Gasteiger partial charge in [0.15, 0.2) is 12.6 Å². The van der Waals surface area contributed by atoms with Crippen molar-refractivity contribution in [2.75, 3.05) is 7.11 Å². The van der Waals surface area contributed by atoms with Crippen LogP contribution in [0.5, 0.6) is 0 Å². The van der Waals surface area contributed by atoms with Crippen LogP contribution in [0.25, 0.3) is 0 Å². The van der Waals surface area contributed by atoms with Crippen LogP contribution in [-0.2, 0) is 14.2 Å². The molecule has 5 unspecified atom stereocenters. The number of aliphatic hydroxyl groups is 1. The maximum Gasteiger partial charge on any atom is 0.190 e. The zero-order valence-electron chi connectivity index (χ0n) is 7.27. The molecule has 2 saturated heterocycles. The molecule has 1 N–H and O–H groups in total. The number of ether oxygens (including phenoxy) is 3. The number of methoxy groups -OCH3 is 1. The van der Waals surface area contributed by atoms with E-state index in [0.717, 1.165) is 6.42 Å². The number of rotatable bonds is 2. The Morgan fingerprint density at radius 2 is 2.17 bits per heavy atom. The summed E-state index contributed by atoms with van der Waals surface area (Å²) in [6.45, 7) is 2.01. The smallest absolute Gasteiger partial charge is 0.190 e. The Kier molecular flexibility index (Phi) is 2.08. The van der Waals surface area contributed by atoms with Crippen molar-refractivity contribution in [1.29, 1.82) is 0 Å². The van der Waals surface area contributed by atoms with Crippen LogP contribution in [-0.4, -0.2) is 37.0 Å². The molecular weight excluding hydrogens is 160 g/mol. The molecule has 2 heterocycles. The van der Waals surface area contributed by atoms with Gasteiger partial charge in [-0.1, -0.05) is 6.92 Å². The molecule has 2 aliphatic rings. The molecule has 0 radical (unpaired) electrons. The molecule has 0 aromatic heterocycles. The Bertz CT molecular complexity index is 172. The lowest BCUT2D eigenvalue weighted by Gasteiger charge is -2.30. The quantitative estimate of drug-likeness (QED) is 0.603. The first-order chi connectivity index (χ1) is 5.77. The third-order valence-electron chi connectivity index (χ3n) is 2.58. The molecule has 0 spiro atoms. The summed E-state index contributed by atoms with van der Waals surface area (Å²) in [5.41, 5.74) is 0. The van der Waals surface area contributed by atoms with Gasteiger partial charge in [0.05, 0.1) is 6.10 Å². The first-order valence-corrected chi connectivity index (χ1v) is 4.29. The highest BCUT2D eigenvalue weighted by Gasteiger charge is 2.55. The molecule has 12 heavy (non-hydrogen) atoms. The van der Waals surface area contributed by atoms with E-state index < -0.39 is 6.10 Å². The van der Waals surface area contributed by atoms with Gasteiger partial charge in [-0.05, 0) is 6.42 Å². The van der Waals surface area contributed by atoms with Crippen molar-refractivity contribution < 1.29 is 19.3 Å². The second-order valence-electron chi connectivity index (χ2n) is 3.27. The van der Waals surface area contributed by atoms with Gasteiger partial charge in [-0.2, -0.15) is 0 Å². The molecule has 2 rings (SSSR count). The summed E-state index contributed by atoms with van der Waals surface area (Å²) < 4.78 is 15.6. The average molecular weight is 174 g/mol. The van der Waals surface area contributed by atoms with E-state index in [-0.39, 0.29) is 24.6 Å². The minimum Gasteiger partial charge on any atom is -0.390 e. The molecule has 0 bridgehead atoms. The first kappa shape index (κ1) is 8.44. The zero-order valence-corrected chi connectivity index (χ0v) is 7.27. The highest BCUT2D eigenvalue weighted by atomic mass is 16.8. The largest absolute Gasteiger partial charge is 0.390 e. The summed E-state index contributed by atoms with van der Waals surface area (Å²) in [7, 11) is 1.59. The molecule has 0 amide bonds. The summed E-state index contributed by atoms with van der Waals surface area (Å²) in [6.07, 6.45) is -0.242. The normalized spacial score (nSPS) is 51.8. The number of epoxide rings is 1. The van der Waals surface area contributed by atoms with Crippen molar-refractivity contribution in [3.63, 3.8) is 0 Å². The van der Waals surface area contributed by atoms with Crippen LogP contribution in [0, 0.1) is 5.92 Å². The van der Waals surface area contributed by atoms with Crippen molar-refractivity contribution in [3.05, 3.63) is 0 Å². The van der Waals surface area contributed by atoms with Crippen molar-refractivity contribution in [1.82, 2.24) is 0 Å². The van der Waals surface area contributed by atoms with Gasteiger partial charge < -0.3 is 19.3 Å². The molecule has 4 heteroatoms. The lowest BCUT2D eigenvalue weighted by atomic mass is 9.94. The average Bonchev–Trinajstić information content (AvgIpc) is 2.83. The van der Waals surface area contributed by atoms with E-state index in [2.05, 4.69) is 0 Å². The second kappa shape index (κ2) is 2.96. The van der Waals surface area contributed by atoms with Crippen LogP contribution >= 0.6 is 0 Å². The molecule has 70 valence electrons. The van der Waals surface area contributed by atoms with Crippen LogP contribution in [0.15, 0.2) is 0 Å². The van der Waals surface area contributed by atoms with Gasteiger partial charge in [-0.25, -0.2) is 0 Å². The van der Waals surface area contributed by atoms with Gasteiger partial charge in [-0.3, -0.25) is 0 Å². The van der Waals surface area contributed by atoms with Crippen LogP contribution in [0.2, 0.25) is 0 Å². The Balaban J connectivity index is 2.04. The standard InChI is InChI=1S/C8H14O4/c1-3-4-5(9)6-8(11-6)12-7(4)10-2/h4-9H,3H2,1-2H3. The van der Waals surface area contributed by atoms with Crippen molar-refractivity contribution in [3.8, 4) is 0 Å². The second-order valence-corrected chi connectivity index (χ2v) is 3.27. The third-order valence-corrected chi connectivity index (χ3v) is 2.58. The highest BCUT2D eigenvalue weighted by Crippen LogP contribution is 2.39. The molecule has 5 atom stereocenters. The van der Waals surface area contributed by atoms with Gasteiger partial charge in [-0.15, -0.1) is 0 Å². The van der Waals surface area contributed by atoms with E-state index in [0.29, 0.717) is 0 Å². The minimum atomic E-state index is -0.432.